The number of hydrogen-bond donors (Lipinski definition) is 2. The predicted octanol–water partition coefficient (Wildman–Crippen LogP) is 3.42. The Morgan fingerprint density at radius 3 is 2.56 bits per heavy atom. The molecule has 0 saturated carbocycles. The van der Waals surface area contributed by atoms with Crippen molar-refractivity contribution in [3.8, 4) is 0 Å². The second-order valence-corrected chi connectivity index (χ2v) is 7.02. The lowest BCUT2D eigenvalue weighted by atomic mass is 10.1. The molecule has 1 aliphatic rings. The molecule has 0 aromatic heterocycles. The Hall–Kier alpha value is -1.59. The summed E-state index contributed by atoms with van der Waals surface area (Å²) in [5, 5.41) is 5.93. The van der Waals surface area contributed by atoms with Crippen LogP contribution in [0.1, 0.15) is 24.4 Å². The van der Waals surface area contributed by atoms with E-state index in [1.807, 2.05) is 35.6 Å². The molecular weight excluding hydrogens is 359 g/mol. The largest absolute Gasteiger partial charge is 0.372 e. The smallest absolute Gasteiger partial charge is 0.287 e. The highest BCUT2D eigenvalue weighted by Crippen LogP contribution is 2.23. The van der Waals surface area contributed by atoms with Gasteiger partial charge < -0.3 is 15.4 Å². The Bertz CT molecular complexity index is 698. The Kier molecular flexibility index (Phi) is 6.32. The van der Waals surface area contributed by atoms with Crippen LogP contribution < -0.4 is 10.6 Å². The number of halogens is 2. The summed E-state index contributed by atoms with van der Waals surface area (Å²) in [7, 11) is 0. The minimum atomic E-state index is -0.358. The number of carbonyl (C=O) groups excluding carboxylic acids is 1. The van der Waals surface area contributed by atoms with Crippen LogP contribution in [-0.2, 0) is 9.53 Å². The SMILES string of the molecule is O=C(Nc1cc(Cl)cc(Cl)c1)[C@H]([NH2+]C[C@@H]1CCCO1)c1ccccc1. The van der Waals surface area contributed by atoms with E-state index in [1.165, 1.54) is 0 Å². The van der Waals surface area contributed by atoms with E-state index in [0.717, 1.165) is 31.6 Å². The van der Waals surface area contributed by atoms with Crippen LogP contribution in [0.15, 0.2) is 48.5 Å². The van der Waals surface area contributed by atoms with Gasteiger partial charge in [-0.1, -0.05) is 53.5 Å². The molecule has 1 fully saturated rings. The van der Waals surface area contributed by atoms with Gasteiger partial charge in [-0.05, 0) is 31.0 Å². The van der Waals surface area contributed by atoms with E-state index in [0.29, 0.717) is 15.7 Å². The number of carbonyl (C=O) groups is 1. The second-order valence-electron chi connectivity index (χ2n) is 6.14. The fraction of sp³-hybridized carbons (Fsp3) is 0.316. The third kappa shape index (κ3) is 5.19. The molecule has 1 saturated heterocycles. The number of ether oxygens (including phenoxy) is 1. The summed E-state index contributed by atoms with van der Waals surface area (Å²) in [4.78, 5) is 12.9. The lowest BCUT2D eigenvalue weighted by molar-refractivity contribution is -0.687. The minimum Gasteiger partial charge on any atom is -0.372 e. The van der Waals surface area contributed by atoms with Crippen LogP contribution in [0.25, 0.3) is 0 Å². The summed E-state index contributed by atoms with van der Waals surface area (Å²) >= 11 is 12.0. The molecule has 6 heteroatoms. The zero-order valence-electron chi connectivity index (χ0n) is 13.8. The van der Waals surface area contributed by atoms with Crippen molar-refractivity contribution in [3.05, 3.63) is 64.1 Å². The molecule has 1 amide bonds. The number of nitrogens with one attached hydrogen (secondary N) is 1. The molecule has 3 N–H and O–H groups in total. The molecule has 4 nitrogen and oxygen atoms in total. The number of anilines is 1. The van der Waals surface area contributed by atoms with E-state index in [1.54, 1.807) is 18.2 Å². The molecule has 2 atom stereocenters. The first kappa shape index (κ1) is 18.2. The Morgan fingerprint density at radius 2 is 1.92 bits per heavy atom. The fourth-order valence-electron chi connectivity index (χ4n) is 3.02. The first-order valence-corrected chi connectivity index (χ1v) is 9.14. The zero-order valence-corrected chi connectivity index (χ0v) is 15.3. The molecular formula is C19H21Cl2N2O2+. The molecule has 0 aliphatic carbocycles. The summed E-state index contributed by atoms with van der Waals surface area (Å²) in [5.74, 6) is -0.109. The number of benzene rings is 2. The predicted molar refractivity (Wildman–Crippen MR) is 100 cm³/mol. The average Bonchev–Trinajstić information content (AvgIpc) is 3.08. The lowest BCUT2D eigenvalue weighted by Crippen LogP contribution is -2.89. The summed E-state index contributed by atoms with van der Waals surface area (Å²) in [6, 6.07) is 14.4. The highest BCUT2D eigenvalue weighted by molar-refractivity contribution is 6.35. The van der Waals surface area contributed by atoms with Crippen molar-refractivity contribution in [2.75, 3.05) is 18.5 Å². The van der Waals surface area contributed by atoms with Gasteiger partial charge in [0.25, 0.3) is 5.91 Å². The van der Waals surface area contributed by atoms with Gasteiger partial charge in [0.15, 0.2) is 6.04 Å². The van der Waals surface area contributed by atoms with Gasteiger partial charge in [0.1, 0.15) is 12.6 Å². The number of quaternary nitrogens is 1. The lowest BCUT2D eigenvalue weighted by Gasteiger charge is -2.18. The number of hydrogen-bond acceptors (Lipinski definition) is 2. The molecule has 132 valence electrons. The van der Waals surface area contributed by atoms with Gasteiger partial charge >= 0.3 is 0 Å². The van der Waals surface area contributed by atoms with Crippen molar-refractivity contribution in [1.82, 2.24) is 0 Å². The molecule has 1 aliphatic heterocycles. The van der Waals surface area contributed by atoms with Gasteiger partial charge in [0.2, 0.25) is 0 Å². The normalized spacial score (nSPS) is 18.1. The van der Waals surface area contributed by atoms with E-state index < -0.39 is 0 Å². The van der Waals surface area contributed by atoms with E-state index in [2.05, 4.69) is 5.32 Å². The van der Waals surface area contributed by atoms with Gasteiger partial charge in [0, 0.05) is 27.9 Å². The van der Waals surface area contributed by atoms with Crippen LogP contribution in [0.5, 0.6) is 0 Å². The van der Waals surface area contributed by atoms with Crippen LogP contribution in [0.4, 0.5) is 5.69 Å². The van der Waals surface area contributed by atoms with Gasteiger partial charge in [-0.25, -0.2) is 0 Å². The maximum absolute atomic E-state index is 12.9. The standard InChI is InChI=1S/C19H20Cl2N2O2/c20-14-9-15(21)11-16(10-14)23-19(24)18(13-5-2-1-3-6-13)22-12-17-7-4-8-25-17/h1-3,5-6,9-11,17-18,22H,4,7-8,12H2,(H,23,24)/p+1/t17-,18+/m0/s1. The Labute approximate surface area is 157 Å². The highest BCUT2D eigenvalue weighted by Gasteiger charge is 2.27. The number of nitrogens with two attached hydrogens (primary N) is 1. The molecule has 0 spiro atoms. The molecule has 2 aromatic rings. The summed E-state index contributed by atoms with van der Waals surface area (Å²) in [5.41, 5.74) is 1.54. The van der Waals surface area contributed by atoms with Crippen LogP contribution >= 0.6 is 23.2 Å². The van der Waals surface area contributed by atoms with E-state index >= 15 is 0 Å². The third-order valence-electron chi connectivity index (χ3n) is 4.23. The van der Waals surface area contributed by atoms with Crippen LogP contribution in [0.2, 0.25) is 10.0 Å². The van der Waals surface area contributed by atoms with Crippen molar-refractivity contribution >= 4 is 34.8 Å². The Morgan fingerprint density at radius 1 is 1.20 bits per heavy atom. The first-order chi connectivity index (χ1) is 12.1. The third-order valence-corrected chi connectivity index (χ3v) is 4.67. The fourth-order valence-corrected chi connectivity index (χ4v) is 3.55. The van der Waals surface area contributed by atoms with Crippen LogP contribution in [-0.4, -0.2) is 25.2 Å². The summed E-state index contributed by atoms with van der Waals surface area (Å²) < 4.78 is 5.67. The molecule has 1 heterocycles. The van der Waals surface area contributed by atoms with Crippen molar-refractivity contribution in [2.45, 2.75) is 25.0 Å². The topological polar surface area (TPSA) is 54.9 Å². The quantitative estimate of drug-likeness (QED) is 0.807. The molecule has 25 heavy (non-hydrogen) atoms. The van der Waals surface area contributed by atoms with Gasteiger partial charge in [-0.2, -0.15) is 0 Å². The molecule has 3 rings (SSSR count). The summed E-state index contributed by atoms with van der Waals surface area (Å²) in [6.07, 6.45) is 2.34. The molecule has 0 bridgehead atoms. The van der Waals surface area contributed by atoms with Crippen molar-refractivity contribution in [3.63, 3.8) is 0 Å². The minimum absolute atomic E-state index is 0.109. The van der Waals surface area contributed by atoms with Crippen LogP contribution in [0.3, 0.4) is 0 Å². The monoisotopic (exact) mass is 379 g/mol. The first-order valence-electron chi connectivity index (χ1n) is 8.38. The van der Waals surface area contributed by atoms with Crippen LogP contribution in [0, 0.1) is 0 Å². The number of amides is 1. The van der Waals surface area contributed by atoms with E-state index in [4.69, 9.17) is 27.9 Å². The summed E-state index contributed by atoms with van der Waals surface area (Å²) in [6.45, 7) is 1.56. The highest BCUT2D eigenvalue weighted by atomic mass is 35.5. The van der Waals surface area contributed by atoms with Gasteiger partial charge in [-0.3, -0.25) is 4.79 Å². The molecule has 2 aromatic carbocycles. The molecule has 0 radical (unpaired) electrons. The maximum atomic E-state index is 12.9. The average molecular weight is 380 g/mol. The Balaban J connectivity index is 1.73. The van der Waals surface area contributed by atoms with Crippen molar-refractivity contribution < 1.29 is 14.8 Å². The number of rotatable bonds is 6. The second kappa shape index (κ2) is 8.68. The van der Waals surface area contributed by atoms with Crippen molar-refractivity contribution in [1.29, 1.82) is 0 Å². The van der Waals surface area contributed by atoms with E-state index in [9.17, 15) is 4.79 Å². The van der Waals surface area contributed by atoms with Gasteiger partial charge in [-0.15, -0.1) is 0 Å². The maximum Gasteiger partial charge on any atom is 0.287 e. The zero-order chi connectivity index (χ0) is 17.6. The van der Waals surface area contributed by atoms with E-state index in [-0.39, 0.29) is 18.1 Å². The van der Waals surface area contributed by atoms with Gasteiger partial charge in [0.05, 0.1) is 0 Å². The van der Waals surface area contributed by atoms with Crippen molar-refractivity contribution in [2.24, 2.45) is 0 Å². The molecule has 0 unspecified atom stereocenters.